The van der Waals surface area contributed by atoms with Crippen molar-refractivity contribution < 1.29 is 9.72 Å². The van der Waals surface area contributed by atoms with Crippen molar-refractivity contribution in [3.05, 3.63) is 64.2 Å². The Morgan fingerprint density at radius 1 is 1.08 bits per heavy atom. The lowest BCUT2D eigenvalue weighted by atomic mass is 10.1. The maximum absolute atomic E-state index is 12.4. The number of nitrogens with zero attached hydrogens (tertiary/aromatic N) is 2. The van der Waals surface area contributed by atoms with Gasteiger partial charge in [-0.05, 0) is 25.0 Å². The Bertz CT molecular complexity index is 755. The highest BCUT2D eigenvalue weighted by atomic mass is 16.6. The first kappa shape index (κ1) is 16.0. The Labute approximate surface area is 140 Å². The number of para-hydroxylation sites is 3. The summed E-state index contributed by atoms with van der Waals surface area (Å²) in [5, 5.41) is 14.0. The Kier molecular flexibility index (Phi) is 4.74. The van der Waals surface area contributed by atoms with Crippen LogP contribution in [0.25, 0.3) is 0 Å². The summed E-state index contributed by atoms with van der Waals surface area (Å²) >= 11 is 0. The Hall–Kier alpha value is -2.89. The second kappa shape index (κ2) is 7.12. The van der Waals surface area contributed by atoms with Gasteiger partial charge in [0.05, 0.1) is 22.7 Å². The number of amides is 1. The Morgan fingerprint density at radius 2 is 1.75 bits per heavy atom. The van der Waals surface area contributed by atoms with Crippen molar-refractivity contribution in [2.75, 3.05) is 23.3 Å². The molecule has 0 unspecified atom stereocenters. The minimum atomic E-state index is -0.458. The van der Waals surface area contributed by atoms with Gasteiger partial charge in [-0.1, -0.05) is 30.3 Å². The van der Waals surface area contributed by atoms with E-state index in [0.717, 1.165) is 37.3 Å². The van der Waals surface area contributed by atoms with E-state index in [1.165, 1.54) is 6.07 Å². The molecule has 0 bridgehead atoms. The fourth-order valence-electron chi connectivity index (χ4n) is 3.02. The molecule has 0 saturated carbocycles. The zero-order chi connectivity index (χ0) is 16.9. The lowest BCUT2D eigenvalue weighted by Gasteiger charge is -2.21. The molecule has 0 aliphatic carbocycles. The molecule has 1 aliphatic rings. The van der Waals surface area contributed by atoms with Gasteiger partial charge >= 0.3 is 0 Å². The van der Waals surface area contributed by atoms with Crippen LogP contribution >= 0.6 is 0 Å². The number of carbonyl (C=O) groups excluding carboxylic acids is 1. The fourth-order valence-corrected chi connectivity index (χ4v) is 3.02. The third-order valence-corrected chi connectivity index (χ3v) is 4.16. The first-order chi connectivity index (χ1) is 11.6. The summed E-state index contributed by atoms with van der Waals surface area (Å²) in [4.78, 5) is 25.2. The van der Waals surface area contributed by atoms with Crippen molar-refractivity contribution in [1.29, 1.82) is 0 Å². The molecule has 1 amide bonds. The van der Waals surface area contributed by atoms with Crippen molar-refractivity contribution in [3.63, 3.8) is 0 Å². The van der Waals surface area contributed by atoms with Gasteiger partial charge in [0.2, 0.25) is 5.91 Å². The van der Waals surface area contributed by atoms with Gasteiger partial charge in [-0.3, -0.25) is 14.9 Å². The lowest BCUT2D eigenvalue weighted by molar-refractivity contribution is -0.385. The maximum Gasteiger partial charge on any atom is 0.273 e. The molecule has 1 N–H and O–H groups in total. The van der Waals surface area contributed by atoms with Crippen molar-refractivity contribution in [3.8, 4) is 0 Å². The number of nitro groups is 1. The zero-order valence-corrected chi connectivity index (χ0v) is 13.3. The predicted molar refractivity (Wildman–Crippen MR) is 93.3 cm³/mol. The molecule has 6 heteroatoms. The highest BCUT2D eigenvalue weighted by molar-refractivity contribution is 5.96. The van der Waals surface area contributed by atoms with Crippen LogP contribution in [0, 0.1) is 10.1 Å². The SMILES string of the molecule is O=C(Cc1ccccc1[N+](=O)[O-])Nc1ccccc1N1CCCC1. The van der Waals surface area contributed by atoms with Crippen LogP contribution in [-0.2, 0) is 11.2 Å². The molecule has 0 spiro atoms. The Morgan fingerprint density at radius 3 is 2.50 bits per heavy atom. The minimum absolute atomic E-state index is 0.0223. The van der Waals surface area contributed by atoms with E-state index in [0.29, 0.717) is 5.56 Å². The molecule has 2 aromatic rings. The number of hydrogen-bond acceptors (Lipinski definition) is 4. The Balaban J connectivity index is 1.75. The number of hydrogen-bond donors (Lipinski definition) is 1. The fraction of sp³-hybridized carbons (Fsp3) is 0.278. The number of anilines is 2. The maximum atomic E-state index is 12.4. The van der Waals surface area contributed by atoms with Crippen molar-refractivity contribution >= 4 is 23.0 Å². The van der Waals surface area contributed by atoms with E-state index in [2.05, 4.69) is 10.2 Å². The summed E-state index contributed by atoms with van der Waals surface area (Å²) < 4.78 is 0. The van der Waals surface area contributed by atoms with Crippen LogP contribution in [0.5, 0.6) is 0 Å². The van der Waals surface area contributed by atoms with Gasteiger partial charge in [0.1, 0.15) is 0 Å². The van der Waals surface area contributed by atoms with Crippen LogP contribution in [0.15, 0.2) is 48.5 Å². The molecule has 0 aromatic heterocycles. The molecule has 6 nitrogen and oxygen atoms in total. The molecule has 1 heterocycles. The predicted octanol–water partition coefficient (Wildman–Crippen LogP) is 3.38. The standard InChI is InChI=1S/C18H19N3O3/c22-18(13-14-7-1-3-9-16(14)21(23)24)19-15-8-2-4-10-17(15)20-11-5-6-12-20/h1-4,7-10H,5-6,11-13H2,(H,19,22). The van der Waals surface area contributed by atoms with E-state index < -0.39 is 4.92 Å². The largest absolute Gasteiger partial charge is 0.370 e. The van der Waals surface area contributed by atoms with Crippen LogP contribution in [0.3, 0.4) is 0 Å². The van der Waals surface area contributed by atoms with Gasteiger partial charge < -0.3 is 10.2 Å². The second-order valence-electron chi connectivity index (χ2n) is 5.82. The van der Waals surface area contributed by atoms with E-state index in [9.17, 15) is 14.9 Å². The van der Waals surface area contributed by atoms with Gasteiger partial charge in [-0.15, -0.1) is 0 Å². The summed E-state index contributed by atoms with van der Waals surface area (Å²) in [5.74, 6) is -0.254. The molecule has 124 valence electrons. The summed E-state index contributed by atoms with van der Waals surface area (Å²) in [6.07, 6.45) is 2.28. The summed E-state index contributed by atoms with van der Waals surface area (Å²) in [6.45, 7) is 1.97. The van der Waals surface area contributed by atoms with Gasteiger partial charge in [-0.25, -0.2) is 0 Å². The molecule has 24 heavy (non-hydrogen) atoms. The van der Waals surface area contributed by atoms with E-state index >= 15 is 0 Å². The van der Waals surface area contributed by atoms with E-state index in [1.54, 1.807) is 18.2 Å². The van der Waals surface area contributed by atoms with Crippen molar-refractivity contribution in [2.45, 2.75) is 19.3 Å². The van der Waals surface area contributed by atoms with Crippen LogP contribution in [0.4, 0.5) is 17.1 Å². The van der Waals surface area contributed by atoms with Crippen molar-refractivity contribution in [1.82, 2.24) is 0 Å². The van der Waals surface area contributed by atoms with E-state index in [-0.39, 0.29) is 18.0 Å². The summed E-state index contributed by atoms with van der Waals surface area (Å²) in [5.41, 5.74) is 2.15. The highest BCUT2D eigenvalue weighted by Gasteiger charge is 2.19. The number of nitrogens with one attached hydrogen (secondary N) is 1. The van der Waals surface area contributed by atoms with Gasteiger partial charge in [0, 0.05) is 24.7 Å². The third kappa shape index (κ3) is 3.53. The van der Waals surface area contributed by atoms with Crippen molar-refractivity contribution in [2.24, 2.45) is 0 Å². The normalized spacial score (nSPS) is 13.8. The number of nitro benzene ring substituents is 1. The average molecular weight is 325 g/mol. The topological polar surface area (TPSA) is 75.5 Å². The molecule has 3 rings (SSSR count). The van der Waals surface area contributed by atoms with Gasteiger partial charge in [0.25, 0.3) is 5.69 Å². The molecule has 0 atom stereocenters. The molecule has 1 aliphatic heterocycles. The molecular weight excluding hydrogens is 306 g/mol. The first-order valence-electron chi connectivity index (χ1n) is 8.01. The van der Waals surface area contributed by atoms with Crippen LogP contribution in [0.1, 0.15) is 18.4 Å². The zero-order valence-electron chi connectivity index (χ0n) is 13.3. The number of benzene rings is 2. The number of carbonyl (C=O) groups is 1. The van der Waals surface area contributed by atoms with E-state index in [4.69, 9.17) is 0 Å². The van der Waals surface area contributed by atoms with Crippen LogP contribution in [-0.4, -0.2) is 23.9 Å². The highest BCUT2D eigenvalue weighted by Crippen LogP contribution is 2.29. The lowest BCUT2D eigenvalue weighted by Crippen LogP contribution is -2.21. The quantitative estimate of drug-likeness (QED) is 0.675. The molecule has 2 aromatic carbocycles. The summed E-state index contributed by atoms with van der Waals surface area (Å²) in [6, 6.07) is 14.0. The van der Waals surface area contributed by atoms with Crippen LogP contribution < -0.4 is 10.2 Å². The molecule has 1 fully saturated rings. The van der Waals surface area contributed by atoms with Crippen LogP contribution in [0.2, 0.25) is 0 Å². The second-order valence-corrected chi connectivity index (χ2v) is 5.82. The monoisotopic (exact) mass is 325 g/mol. The molecule has 0 radical (unpaired) electrons. The molecular formula is C18H19N3O3. The first-order valence-corrected chi connectivity index (χ1v) is 8.01. The minimum Gasteiger partial charge on any atom is -0.370 e. The van der Waals surface area contributed by atoms with Gasteiger partial charge in [-0.2, -0.15) is 0 Å². The number of rotatable bonds is 5. The summed E-state index contributed by atoms with van der Waals surface area (Å²) in [7, 11) is 0. The smallest absolute Gasteiger partial charge is 0.273 e. The van der Waals surface area contributed by atoms with Gasteiger partial charge in [0.15, 0.2) is 0 Å². The van der Waals surface area contributed by atoms with E-state index in [1.807, 2.05) is 24.3 Å². The average Bonchev–Trinajstić information content (AvgIpc) is 3.10. The third-order valence-electron chi connectivity index (χ3n) is 4.16. The molecule has 1 saturated heterocycles.